The van der Waals surface area contributed by atoms with Gasteiger partial charge < -0.3 is 10.6 Å². The van der Waals surface area contributed by atoms with Crippen LogP contribution < -0.4 is 10.6 Å². The Kier molecular flexibility index (Phi) is 5.32. The van der Waals surface area contributed by atoms with Gasteiger partial charge in [0, 0.05) is 21.0 Å². The summed E-state index contributed by atoms with van der Waals surface area (Å²) in [7, 11) is -3.10. The van der Waals surface area contributed by atoms with Gasteiger partial charge in [-0.05, 0) is 37.3 Å². The SMILES string of the molecule is O=C(Nc1sc2c(c1C(=O)N[C@H]1CCS(=O)(=O)C1)CCC2)c1sc2ccccc2c1Cl. The Labute approximate surface area is 192 Å². The van der Waals surface area contributed by atoms with E-state index in [4.69, 9.17) is 11.6 Å². The number of hydrogen-bond donors (Lipinski definition) is 2. The average Bonchev–Trinajstić information content (AvgIpc) is 3.45. The number of amides is 2. The molecular formula is C21H19ClN2O4S3. The standard InChI is InChI=1S/C21H19ClN2O4S3/c22-17-13-4-1-2-6-15(13)29-18(17)20(26)24-21-16(12-5-3-7-14(12)30-21)19(25)23-11-8-9-31(27,28)10-11/h1-2,4,6,11H,3,5,7-10H2,(H,23,25)(H,24,26)/t11-/m0/s1. The number of rotatable bonds is 4. The second-order valence-electron chi connectivity index (χ2n) is 7.83. The van der Waals surface area contributed by atoms with Crippen LogP contribution in [0.25, 0.3) is 10.1 Å². The molecule has 0 spiro atoms. The lowest BCUT2D eigenvalue weighted by Gasteiger charge is -2.13. The maximum Gasteiger partial charge on any atom is 0.267 e. The number of aryl methyl sites for hydroxylation is 1. The summed E-state index contributed by atoms with van der Waals surface area (Å²) in [6, 6.07) is 7.16. The zero-order chi connectivity index (χ0) is 21.8. The lowest BCUT2D eigenvalue weighted by molar-refractivity contribution is 0.0941. The van der Waals surface area contributed by atoms with Crippen LogP contribution in [0.2, 0.25) is 5.02 Å². The fourth-order valence-corrected chi connectivity index (χ4v) is 8.59. The zero-order valence-corrected chi connectivity index (χ0v) is 19.6. The first-order valence-electron chi connectivity index (χ1n) is 9.96. The van der Waals surface area contributed by atoms with Crippen molar-refractivity contribution in [3.05, 3.63) is 50.2 Å². The first-order chi connectivity index (χ1) is 14.8. The van der Waals surface area contributed by atoms with Crippen LogP contribution in [-0.4, -0.2) is 37.8 Å². The number of sulfone groups is 1. The summed E-state index contributed by atoms with van der Waals surface area (Å²) in [4.78, 5) is 27.7. The van der Waals surface area contributed by atoms with E-state index in [1.807, 2.05) is 24.3 Å². The summed E-state index contributed by atoms with van der Waals surface area (Å²) in [5.41, 5.74) is 1.42. The lowest BCUT2D eigenvalue weighted by atomic mass is 10.1. The van der Waals surface area contributed by atoms with E-state index < -0.39 is 15.9 Å². The molecule has 2 aliphatic rings. The highest BCUT2D eigenvalue weighted by Crippen LogP contribution is 2.41. The lowest BCUT2D eigenvalue weighted by Crippen LogP contribution is -2.36. The largest absolute Gasteiger partial charge is 0.348 e. The third-order valence-corrected chi connectivity index (χ3v) is 10.3. The maximum atomic E-state index is 13.1. The number of carbonyl (C=O) groups is 2. The number of thiophene rings is 2. The molecule has 31 heavy (non-hydrogen) atoms. The van der Waals surface area contributed by atoms with Gasteiger partial charge in [0.15, 0.2) is 9.84 Å². The minimum absolute atomic E-state index is 0.0375. The van der Waals surface area contributed by atoms with Crippen LogP contribution in [-0.2, 0) is 22.7 Å². The summed E-state index contributed by atoms with van der Waals surface area (Å²) in [6.45, 7) is 0. The molecule has 5 rings (SSSR count). The monoisotopic (exact) mass is 494 g/mol. The Morgan fingerprint density at radius 3 is 2.65 bits per heavy atom. The fourth-order valence-electron chi connectivity index (χ4n) is 4.22. The minimum Gasteiger partial charge on any atom is -0.348 e. The summed E-state index contributed by atoms with van der Waals surface area (Å²) in [5, 5.41) is 7.51. The second-order valence-corrected chi connectivity index (χ2v) is 12.6. The van der Waals surface area contributed by atoms with Crippen LogP contribution in [0.3, 0.4) is 0 Å². The minimum atomic E-state index is -3.10. The number of anilines is 1. The van der Waals surface area contributed by atoms with E-state index >= 15 is 0 Å². The molecule has 2 amide bonds. The first kappa shape index (κ1) is 20.9. The molecule has 3 aromatic rings. The van der Waals surface area contributed by atoms with Crippen molar-refractivity contribution in [3.8, 4) is 0 Å². The summed E-state index contributed by atoms with van der Waals surface area (Å²) in [6.07, 6.45) is 3.03. The number of carbonyl (C=O) groups excluding carboxylic acids is 2. The Bertz CT molecular complexity index is 1330. The van der Waals surface area contributed by atoms with E-state index in [0.29, 0.717) is 26.9 Å². The molecule has 0 unspecified atom stereocenters. The predicted molar refractivity (Wildman–Crippen MR) is 126 cm³/mol. The van der Waals surface area contributed by atoms with Crippen LogP contribution in [0.15, 0.2) is 24.3 Å². The highest BCUT2D eigenvalue weighted by atomic mass is 35.5. The Morgan fingerprint density at radius 2 is 1.90 bits per heavy atom. The Balaban J connectivity index is 1.43. The molecule has 0 bridgehead atoms. The van der Waals surface area contributed by atoms with Crippen LogP contribution in [0.4, 0.5) is 5.00 Å². The molecule has 1 fully saturated rings. The highest BCUT2D eigenvalue weighted by Gasteiger charge is 2.33. The van der Waals surface area contributed by atoms with E-state index in [9.17, 15) is 18.0 Å². The van der Waals surface area contributed by atoms with Crippen molar-refractivity contribution in [1.29, 1.82) is 0 Å². The third-order valence-electron chi connectivity index (χ3n) is 5.68. The van der Waals surface area contributed by atoms with Crippen molar-refractivity contribution in [1.82, 2.24) is 5.32 Å². The molecule has 0 saturated carbocycles. The van der Waals surface area contributed by atoms with Gasteiger partial charge in [-0.3, -0.25) is 9.59 Å². The van der Waals surface area contributed by atoms with E-state index in [0.717, 1.165) is 39.8 Å². The van der Waals surface area contributed by atoms with E-state index in [2.05, 4.69) is 10.6 Å². The summed E-state index contributed by atoms with van der Waals surface area (Å²) in [5.74, 6) is -0.611. The van der Waals surface area contributed by atoms with Crippen molar-refractivity contribution in [2.24, 2.45) is 0 Å². The van der Waals surface area contributed by atoms with Crippen LogP contribution in [0.1, 0.15) is 43.3 Å². The molecule has 3 heterocycles. The van der Waals surface area contributed by atoms with E-state index in [1.54, 1.807) is 0 Å². The van der Waals surface area contributed by atoms with Crippen molar-refractivity contribution in [3.63, 3.8) is 0 Å². The predicted octanol–water partition coefficient (Wildman–Crippen LogP) is 4.27. The Hall–Kier alpha value is -1.94. The summed E-state index contributed by atoms with van der Waals surface area (Å²) >= 11 is 9.19. The van der Waals surface area contributed by atoms with Gasteiger partial charge >= 0.3 is 0 Å². The zero-order valence-electron chi connectivity index (χ0n) is 16.4. The van der Waals surface area contributed by atoms with Gasteiger partial charge in [0.25, 0.3) is 11.8 Å². The molecule has 1 aliphatic carbocycles. The molecule has 1 atom stereocenters. The number of benzene rings is 1. The summed E-state index contributed by atoms with van der Waals surface area (Å²) < 4.78 is 24.4. The molecule has 1 aliphatic heterocycles. The van der Waals surface area contributed by atoms with Crippen molar-refractivity contribution in [2.45, 2.75) is 31.7 Å². The van der Waals surface area contributed by atoms with Gasteiger partial charge in [-0.15, -0.1) is 22.7 Å². The van der Waals surface area contributed by atoms with Gasteiger partial charge in [0.2, 0.25) is 0 Å². The fraction of sp³-hybridized carbons (Fsp3) is 0.333. The van der Waals surface area contributed by atoms with Crippen LogP contribution in [0, 0.1) is 0 Å². The van der Waals surface area contributed by atoms with Gasteiger partial charge in [0.05, 0.1) is 22.1 Å². The quantitative estimate of drug-likeness (QED) is 0.566. The molecule has 0 radical (unpaired) electrons. The van der Waals surface area contributed by atoms with Crippen molar-refractivity contribution >= 4 is 71.0 Å². The van der Waals surface area contributed by atoms with Gasteiger partial charge in [-0.1, -0.05) is 29.8 Å². The number of nitrogens with one attached hydrogen (secondary N) is 2. The van der Waals surface area contributed by atoms with Crippen molar-refractivity contribution < 1.29 is 18.0 Å². The van der Waals surface area contributed by atoms with E-state index in [1.165, 1.54) is 22.7 Å². The number of hydrogen-bond acceptors (Lipinski definition) is 6. The number of halogens is 1. The smallest absolute Gasteiger partial charge is 0.267 e. The number of fused-ring (bicyclic) bond motifs is 2. The van der Waals surface area contributed by atoms with E-state index in [-0.39, 0.29) is 23.3 Å². The van der Waals surface area contributed by atoms with Gasteiger partial charge in [-0.25, -0.2) is 8.42 Å². The van der Waals surface area contributed by atoms with Crippen LogP contribution in [0.5, 0.6) is 0 Å². The van der Waals surface area contributed by atoms with Gasteiger partial charge in [0.1, 0.15) is 9.88 Å². The highest BCUT2D eigenvalue weighted by molar-refractivity contribution is 7.91. The molecule has 162 valence electrons. The molecule has 1 aromatic carbocycles. The molecule has 2 aromatic heterocycles. The molecular weight excluding hydrogens is 476 g/mol. The van der Waals surface area contributed by atoms with Crippen molar-refractivity contribution in [2.75, 3.05) is 16.8 Å². The molecule has 1 saturated heterocycles. The Morgan fingerprint density at radius 1 is 1.10 bits per heavy atom. The average molecular weight is 495 g/mol. The topological polar surface area (TPSA) is 92.3 Å². The second kappa shape index (κ2) is 7.88. The van der Waals surface area contributed by atoms with Gasteiger partial charge in [-0.2, -0.15) is 0 Å². The van der Waals surface area contributed by atoms with Crippen LogP contribution >= 0.6 is 34.3 Å². The molecule has 6 nitrogen and oxygen atoms in total. The molecule has 2 N–H and O–H groups in total. The maximum absolute atomic E-state index is 13.1. The normalized spacial score (nSPS) is 19.5. The third kappa shape index (κ3) is 3.88. The first-order valence-corrected chi connectivity index (χ1v) is 13.8. The molecule has 10 heteroatoms.